The highest BCUT2D eigenvalue weighted by Crippen LogP contribution is 2.34. The molecule has 3 aromatic heterocycles. The second kappa shape index (κ2) is 8.53. The third-order valence-electron chi connectivity index (χ3n) is 5.21. The lowest BCUT2D eigenvalue weighted by atomic mass is 10.0. The smallest absolute Gasteiger partial charge is 0.358 e. The number of carbonyl (C=O) groups excluding carboxylic acids is 1. The van der Waals surface area contributed by atoms with Gasteiger partial charge in [-0.15, -0.1) is 0 Å². The molecule has 3 heterocycles. The predicted octanol–water partition coefficient (Wildman–Crippen LogP) is 4.72. The SMILES string of the molecule is CC(C)[C@@H](Nc1nc2cc[nH]c(=O)c2c2cc(NC(=O)c3cccnc3)ccc12)C(F)(F)F. The first kappa shape index (κ1) is 22.3. The normalized spacial score (nSPS) is 12.8. The second-order valence-corrected chi connectivity index (χ2v) is 7.89. The molecule has 3 N–H and O–H groups in total. The number of H-pyrrole nitrogens is 1. The van der Waals surface area contributed by atoms with Crippen molar-refractivity contribution in [1.29, 1.82) is 0 Å². The first-order valence-corrected chi connectivity index (χ1v) is 10.1. The number of fused-ring (bicyclic) bond motifs is 3. The van der Waals surface area contributed by atoms with Crippen LogP contribution in [0.1, 0.15) is 24.2 Å². The summed E-state index contributed by atoms with van der Waals surface area (Å²) in [7, 11) is 0. The maximum Gasteiger partial charge on any atom is 0.408 e. The van der Waals surface area contributed by atoms with Crippen molar-refractivity contribution in [3.63, 3.8) is 0 Å². The molecule has 0 radical (unpaired) electrons. The summed E-state index contributed by atoms with van der Waals surface area (Å²) in [4.78, 5) is 35.9. The van der Waals surface area contributed by atoms with Crippen molar-refractivity contribution in [3.05, 3.63) is 70.9 Å². The molecule has 0 saturated heterocycles. The van der Waals surface area contributed by atoms with E-state index in [-0.39, 0.29) is 16.7 Å². The van der Waals surface area contributed by atoms with Crippen molar-refractivity contribution in [1.82, 2.24) is 15.0 Å². The lowest BCUT2D eigenvalue weighted by Crippen LogP contribution is -2.40. The number of hydrogen-bond acceptors (Lipinski definition) is 5. The molecule has 1 amide bonds. The number of anilines is 2. The average molecular weight is 455 g/mol. The Labute approximate surface area is 186 Å². The second-order valence-electron chi connectivity index (χ2n) is 7.89. The minimum absolute atomic E-state index is 0.00395. The Morgan fingerprint density at radius 3 is 2.58 bits per heavy atom. The van der Waals surface area contributed by atoms with Crippen molar-refractivity contribution in [3.8, 4) is 0 Å². The number of alkyl halides is 3. The van der Waals surface area contributed by atoms with Gasteiger partial charge in [0, 0.05) is 35.1 Å². The minimum atomic E-state index is -4.50. The van der Waals surface area contributed by atoms with Gasteiger partial charge in [0.2, 0.25) is 0 Å². The van der Waals surface area contributed by atoms with Crippen LogP contribution < -0.4 is 16.2 Å². The Morgan fingerprint density at radius 2 is 1.91 bits per heavy atom. The number of halogens is 3. The standard InChI is InChI=1S/C23H20F3N5O2/c1-12(2)19(23(24,25)26)31-20-15-6-5-14(29-21(32)13-4-3-8-27-11-13)10-16(15)18-17(30-20)7-9-28-22(18)33/h3-12,19H,1-2H3,(H,28,33)(H,29,32)(H,30,31)/t19-/m1/s1. The molecule has 0 spiro atoms. The van der Waals surface area contributed by atoms with Crippen LogP contribution in [0.5, 0.6) is 0 Å². The van der Waals surface area contributed by atoms with Crippen LogP contribution in [0.15, 0.2) is 59.8 Å². The van der Waals surface area contributed by atoms with Crippen LogP contribution in [0, 0.1) is 5.92 Å². The van der Waals surface area contributed by atoms with Crippen molar-refractivity contribution in [2.24, 2.45) is 5.92 Å². The van der Waals surface area contributed by atoms with Gasteiger partial charge in [-0.3, -0.25) is 14.6 Å². The lowest BCUT2D eigenvalue weighted by molar-refractivity contribution is -0.150. The number of carbonyl (C=O) groups is 1. The number of aromatic nitrogens is 3. The summed E-state index contributed by atoms with van der Waals surface area (Å²) in [5.41, 5.74) is 0.495. The minimum Gasteiger partial charge on any atom is -0.358 e. The monoisotopic (exact) mass is 455 g/mol. The number of aromatic amines is 1. The van der Waals surface area contributed by atoms with E-state index in [2.05, 4.69) is 25.6 Å². The molecule has 4 rings (SSSR count). The Hall–Kier alpha value is -3.95. The first-order valence-electron chi connectivity index (χ1n) is 10.1. The van der Waals surface area contributed by atoms with E-state index >= 15 is 0 Å². The van der Waals surface area contributed by atoms with E-state index in [4.69, 9.17) is 0 Å². The number of amides is 1. The number of benzene rings is 1. The van der Waals surface area contributed by atoms with Gasteiger partial charge < -0.3 is 15.6 Å². The summed E-state index contributed by atoms with van der Waals surface area (Å²) in [5.74, 6) is -1.16. The fraction of sp³-hybridized carbons (Fsp3) is 0.217. The van der Waals surface area contributed by atoms with Gasteiger partial charge in [0.25, 0.3) is 11.5 Å². The number of nitrogens with one attached hydrogen (secondary N) is 3. The van der Waals surface area contributed by atoms with Crippen LogP contribution in [0.3, 0.4) is 0 Å². The van der Waals surface area contributed by atoms with Crippen molar-refractivity contribution in [2.45, 2.75) is 26.1 Å². The van der Waals surface area contributed by atoms with Gasteiger partial charge in [0.05, 0.1) is 16.5 Å². The predicted molar refractivity (Wildman–Crippen MR) is 120 cm³/mol. The van der Waals surface area contributed by atoms with E-state index in [0.29, 0.717) is 22.0 Å². The third kappa shape index (κ3) is 4.50. The summed E-state index contributed by atoms with van der Waals surface area (Å²) in [6.45, 7) is 2.93. The molecule has 0 aliphatic heterocycles. The molecule has 33 heavy (non-hydrogen) atoms. The third-order valence-corrected chi connectivity index (χ3v) is 5.21. The zero-order valence-corrected chi connectivity index (χ0v) is 17.7. The maximum absolute atomic E-state index is 13.6. The highest BCUT2D eigenvalue weighted by atomic mass is 19.4. The van der Waals surface area contributed by atoms with Crippen LogP contribution in [0.2, 0.25) is 0 Å². The lowest BCUT2D eigenvalue weighted by Gasteiger charge is -2.26. The van der Waals surface area contributed by atoms with E-state index < -0.39 is 29.6 Å². The quantitative estimate of drug-likeness (QED) is 0.378. The first-order chi connectivity index (χ1) is 15.6. The Balaban J connectivity index is 1.85. The van der Waals surface area contributed by atoms with Crippen molar-refractivity contribution >= 4 is 39.1 Å². The summed E-state index contributed by atoms with van der Waals surface area (Å²) < 4.78 is 40.8. The molecule has 7 nitrogen and oxygen atoms in total. The van der Waals surface area contributed by atoms with E-state index in [9.17, 15) is 22.8 Å². The van der Waals surface area contributed by atoms with Gasteiger partial charge in [-0.2, -0.15) is 13.2 Å². The van der Waals surface area contributed by atoms with Gasteiger partial charge in [0.15, 0.2) is 0 Å². The van der Waals surface area contributed by atoms with Crippen molar-refractivity contribution in [2.75, 3.05) is 10.6 Å². The van der Waals surface area contributed by atoms with Crippen LogP contribution >= 0.6 is 0 Å². The molecule has 4 aromatic rings. The maximum atomic E-state index is 13.6. The van der Waals surface area contributed by atoms with Gasteiger partial charge in [-0.25, -0.2) is 4.98 Å². The number of rotatable bonds is 5. The van der Waals surface area contributed by atoms with Gasteiger partial charge >= 0.3 is 6.18 Å². The Kier molecular flexibility index (Phi) is 5.75. The molecule has 0 bridgehead atoms. The van der Waals surface area contributed by atoms with E-state index in [0.717, 1.165) is 0 Å². The number of pyridine rings is 3. The van der Waals surface area contributed by atoms with Crippen LogP contribution in [-0.2, 0) is 0 Å². The highest BCUT2D eigenvalue weighted by molar-refractivity contribution is 6.12. The van der Waals surface area contributed by atoms with Crippen LogP contribution in [0.4, 0.5) is 24.7 Å². The zero-order valence-electron chi connectivity index (χ0n) is 17.7. The number of hydrogen-bond donors (Lipinski definition) is 3. The Morgan fingerprint density at radius 1 is 1.12 bits per heavy atom. The molecule has 1 atom stereocenters. The fourth-order valence-corrected chi connectivity index (χ4v) is 3.62. The largest absolute Gasteiger partial charge is 0.408 e. The highest BCUT2D eigenvalue weighted by Gasteiger charge is 2.42. The van der Waals surface area contributed by atoms with Gasteiger partial charge in [-0.1, -0.05) is 13.8 Å². The Bertz CT molecular complexity index is 1380. The van der Waals surface area contributed by atoms with Crippen LogP contribution in [0.25, 0.3) is 21.7 Å². The van der Waals surface area contributed by atoms with E-state index in [1.165, 1.54) is 44.6 Å². The van der Waals surface area contributed by atoms with E-state index in [1.54, 1.807) is 24.3 Å². The van der Waals surface area contributed by atoms with Crippen molar-refractivity contribution < 1.29 is 18.0 Å². The van der Waals surface area contributed by atoms with Gasteiger partial charge in [-0.05, 0) is 42.3 Å². The molecule has 0 aliphatic carbocycles. The molecule has 10 heteroatoms. The molecular formula is C23H20F3N5O2. The van der Waals surface area contributed by atoms with E-state index in [1.807, 2.05) is 0 Å². The summed E-state index contributed by atoms with van der Waals surface area (Å²) >= 11 is 0. The molecule has 0 fully saturated rings. The molecule has 0 aliphatic rings. The van der Waals surface area contributed by atoms with Crippen LogP contribution in [-0.4, -0.2) is 33.1 Å². The summed E-state index contributed by atoms with van der Waals surface area (Å²) in [6.07, 6.45) is -0.169. The zero-order chi connectivity index (χ0) is 23.8. The summed E-state index contributed by atoms with van der Waals surface area (Å²) in [6, 6.07) is 7.52. The molecule has 1 aromatic carbocycles. The molecular weight excluding hydrogens is 435 g/mol. The van der Waals surface area contributed by atoms with Gasteiger partial charge in [0.1, 0.15) is 11.9 Å². The molecule has 170 valence electrons. The molecule has 0 unspecified atom stereocenters. The number of nitrogens with zero attached hydrogens (tertiary/aromatic N) is 2. The fourth-order valence-electron chi connectivity index (χ4n) is 3.62. The molecule has 0 saturated carbocycles. The topological polar surface area (TPSA) is 99.8 Å². The summed E-state index contributed by atoms with van der Waals surface area (Å²) in [5, 5.41) is 6.14. The average Bonchev–Trinajstić information content (AvgIpc) is 2.76.